The molecule has 3 N–H and O–H groups in total. The number of rotatable bonds is 4. The Labute approximate surface area is 89.3 Å². The number of anilines is 1. The zero-order chi connectivity index (χ0) is 11.5. The lowest BCUT2D eigenvalue weighted by Gasteiger charge is -2.17. The maximum absolute atomic E-state index is 11.4. The Hall–Kier alpha value is -1.18. The van der Waals surface area contributed by atoms with Gasteiger partial charge >= 0.3 is 10.2 Å². The van der Waals surface area contributed by atoms with Gasteiger partial charge in [-0.25, -0.2) is 14.0 Å². The molecule has 0 atom stereocenters. The molecule has 1 aromatic heterocycles. The summed E-state index contributed by atoms with van der Waals surface area (Å²) in [6.45, 7) is 0.385. The summed E-state index contributed by atoms with van der Waals surface area (Å²) in [4.78, 5) is 3.99. The molecule has 0 spiro atoms. The minimum absolute atomic E-state index is 0.349. The van der Waals surface area contributed by atoms with Gasteiger partial charge in [-0.1, -0.05) is 6.07 Å². The molecule has 0 aliphatic carbocycles. The van der Waals surface area contributed by atoms with Gasteiger partial charge in [0.1, 0.15) is 5.82 Å². The predicted octanol–water partition coefficient (Wildman–Crippen LogP) is -0.559. The van der Waals surface area contributed by atoms with Gasteiger partial charge in [-0.3, -0.25) is 0 Å². The summed E-state index contributed by atoms with van der Waals surface area (Å²) in [5.41, 5.74) is 6.26. The monoisotopic (exact) mass is 230 g/mol. The van der Waals surface area contributed by atoms with Crippen LogP contribution in [0.25, 0.3) is 0 Å². The lowest BCUT2D eigenvalue weighted by atomic mass is 10.3. The van der Waals surface area contributed by atoms with Crippen molar-refractivity contribution in [3.8, 4) is 0 Å². The molecule has 0 bridgehead atoms. The Morgan fingerprint density at radius 2 is 2.20 bits per heavy atom. The smallest absolute Gasteiger partial charge is 0.302 e. The molecule has 0 aromatic carbocycles. The van der Waals surface area contributed by atoms with E-state index >= 15 is 0 Å². The summed E-state index contributed by atoms with van der Waals surface area (Å²) in [5, 5.41) is 0. The predicted molar refractivity (Wildman–Crippen MR) is 58.5 cm³/mol. The molecular weight excluding hydrogens is 216 g/mol. The molecule has 1 rings (SSSR count). The lowest BCUT2D eigenvalue weighted by molar-refractivity contribution is 0.586. The average Bonchev–Trinajstić information content (AvgIpc) is 2.28. The average molecular weight is 230 g/mol. The summed E-state index contributed by atoms with van der Waals surface area (Å²) >= 11 is 0. The maximum atomic E-state index is 11.4. The Bertz CT molecular complexity index is 415. The molecule has 0 unspecified atom stereocenters. The SMILES string of the molecule is CNS(=O)(=O)N(C)c1ccc(CN)cn1. The van der Waals surface area contributed by atoms with Crippen molar-refractivity contribution in [3.05, 3.63) is 23.9 Å². The zero-order valence-corrected chi connectivity index (χ0v) is 9.45. The highest BCUT2D eigenvalue weighted by atomic mass is 32.2. The summed E-state index contributed by atoms with van der Waals surface area (Å²) in [6.07, 6.45) is 1.55. The van der Waals surface area contributed by atoms with Crippen LogP contribution >= 0.6 is 0 Å². The molecule has 15 heavy (non-hydrogen) atoms. The summed E-state index contributed by atoms with van der Waals surface area (Å²) in [6, 6.07) is 3.35. The minimum Gasteiger partial charge on any atom is -0.326 e. The first-order valence-electron chi connectivity index (χ1n) is 4.33. The van der Waals surface area contributed by atoms with Crippen LogP contribution < -0.4 is 14.8 Å². The van der Waals surface area contributed by atoms with Crippen molar-refractivity contribution in [1.82, 2.24) is 9.71 Å². The van der Waals surface area contributed by atoms with Crippen molar-refractivity contribution < 1.29 is 8.42 Å². The van der Waals surface area contributed by atoms with Gasteiger partial charge < -0.3 is 5.73 Å². The topological polar surface area (TPSA) is 88.3 Å². The standard InChI is InChI=1S/C8H14N4O2S/c1-10-15(13,14)12(2)8-4-3-7(5-9)6-11-8/h3-4,6,10H,5,9H2,1-2H3. The van der Waals surface area contributed by atoms with Crippen LogP contribution in [0.2, 0.25) is 0 Å². The Morgan fingerprint density at radius 3 is 2.60 bits per heavy atom. The molecule has 6 nitrogen and oxygen atoms in total. The van der Waals surface area contributed by atoms with Gasteiger partial charge in [0.25, 0.3) is 0 Å². The summed E-state index contributed by atoms with van der Waals surface area (Å²) in [5.74, 6) is 0.349. The molecule has 0 aliphatic heterocycles. The van der Waals surface area contributed by atoms with Crippen LogP contribution in [0, 0.1) is 0 Å². The van der Waals surface area contributed by atoms with Crippen LogP contribution in [0.15, 0.2) is 18.3 Å². The van der Waals surface area contributed by atoms with Crippen molar-refractivity contribution in [2.45, 2.75) is 6.54 Å². The van der Waals surface area contributed by atoms with Crippen molar-refractivity contribution in [1.29, 1.82) is 0 Å². The highest BCUT2D eigenvalue weighted by Crippen LogP contribution is 2.11. The first-order chi connectivity index (χ1) is 7.01. The van der Waals surface area contributed by atoms with Crippen LogP contribution in [0.1, 0.15) is 5.56 Å². The zero-order valence-electron chi connectivity index (χ0n) is 8.64. The van der Waals surface area contributed by atoms with Gasteiger partial charge in [-0.2, -0.15) is 8.42 Å². The van der Waals surface area contributed by atoms with Crippen LogP contribution in [0.3, 0.4) is 0 Å². The normalized spacial score (nSPS) is 11.4. The third-order valence-electron chi connectivity index (χ3n) is 1.99. The van der Waals surface area contributed by atoms with E-state index in [1.807, 2.05) is 0 Å². The van der Waals surface area contributed by atoms with Crippen molar-refractivity contribution in [3.63, 3.8) is 0 Å². The quantitative estimate of drug-likeness (QED) is 0.725. The molecule has 0 saturated carbocycles. The first-order valence-corrected chi connectivity index (χ1v) is 5.77. The molecule has 7 heteroatoms. The van der Waals surface area contributed by atoms with Gasteiger partial charge in [-0.15, -0.1) is 0 Å². The summed E-state index contributed by atoms with van der Waals surface area (Å²) in [7, 11) is -0.707. The molecule has 1 aromatic rings. The minimum atomic E-state index is -3.48. The van der Waals surface area contributed by atoms with Crippen LogP contribution in [0.4, 0.5) is 5.82 Å². The second kappa shape index (κ2) is 4.56. The number of pyridine rings is 1. The Morgan fingerprint density at radius 1 is 1.53 bits per heavy atom. The highest BCUT2D eigenvalue weighted by molar-refractivity contribution is 7.90. The lowest BCUT2D eigenvalue weighted by Crippen LogP contribution is -2.36. The van der Waals surface area contributed by atoms with Crippen molar-refractivity contribution in [2.24, 2.45) is 5.73 Å². The van der Waals surface area contributed by atoms with Crippen LogP contribution in [0.5, 0.6) is 0 Å². The largest absolute Gasteiger partial charge is 0.326 e. The number of nitrogens with two attached hydrogens (primary N) is 1. The van der Waals surface area contributed by atoms with E-state index in [4.69, 9.17) is 5.73 Å². The van der Waals surface area contributed by atoms with E-state index in [1.165, 1.54) is 14.1 Å². The van der Waals surface area contributed by atoms with Gasteiger partial charge in [-0.05, 0) is 11.6 Å². The molecule has 0 saturated heterocycles. The van der Waals surface area contributed by atoms with E-state index < -0.39 is 10.2 Å². The number of aromatic nitrogens is 1. The molecule has 0 amide bonds. The van der Waals surface area contributed by atoms with Crippen LogP contribution in [-0.2, 0) is 16.8 Å². The summed E-state index contributed by atoms with van der Waals surface area (Å²) < 4.78 is 26.1. The number of nitrogens with zero attached hydrogens (tertiary/aromatic N) is 2. The van der Waals surface area contributed by atoms with Crippen molar-refractivity contribution >= 4 is 16.0 Å². The van der Waals surface area contributed by atoms with E-state index in [-0.39, 0.29) is 0 Å². The molecule has 0 radical (unpaired) electrons. The molecule has 1 heterocycles. The number of hydrogen-bond donors (Lipinski definition) is 2. The number of hydrogen-bond acceptors (Lipinski definition) is 4. The fourth-order valence-corrected chi connectivity index (χ4v) is 1.61. The maximum Gasteiger partial charge on any atom is 0.302 e. The third-order valence-corrected chi connectivity index (χ3v) is 3.41. The van der Waals surface area contributed by atoms with E-state index in [9.17, 15) is 8.42 Å². The van der Waals surface area contributed by atoms with E-state index in [2.05, 4.69) is 9.71 Å². The Kier molecular flexibility index (Phi) is 3.61. The highest BCUT2D eigenvalue weighted by Gasteiger charge is 2.16. The van der Waals surface area contributed by atoms with Crippen LogP contribution in [-0.4, -0.2) is 27.5 Å². The fourth-order valence-electron chi connectivity index (χ4n) is 0.984. The van der Waals surface area contributed by atoms with Gasteiger partial charge in [0.15, 0.2) is 0 Å². The number of nitrogens with one attached hydrogen (secondary N) is 1. The molecule has 84 valence electrons. The second-order valence-electron chi connectivity index (χ2n) is 2.91. The molecule has 0 aliphatic rings. The van der Waals surface area contributed by atoms with Crippen molar-refractivity contribution in [2.75, 3.05) is 18.4 Å². The van der Waals surface area contributed by atoms with Gasteiger partial charge in [0.2, 0.25) is 0 Å². The molecule has 0 fully saturated rings. The van der Waals surface area contributed by atoms with Gasteiger partial charge in [0.05, 0.1) is 0 Å². The van der Waals surface area contributed by atoms with E-state index in [0.29, 0.717) is 12.4 Å². The third kappa shape index (κ3) is 2.65. The van der Waals surface area contributed by atoms with E-state index in [1.54, 1.807) is 18.3 Å². The first kappa shape index (κ1) is 11.9. The fraction of sp³-hybridized carbons (Fsp3) is 0.375. The molecular formula is C8H14N4O2S. The Balaban J connectivity index is 2.97. The van der Waals surface area contributed by atoms with Gasteiger partial charge in [0, 0.05) is 26.8 Å². The van der Waals surface area contributed by atoms with E-state index in [0.717, 1.165) is 9.87 Å². The second-order valence-corrected chi connectivity index (χ2v) is 4.81.